The van der Waals surface area contributed by atoms with Gasteiger partial charge >= 0.3 is 0 Å². The summed E-state index contributed by atoms with van der Waals surface area (Å²) < 4.78 is 6.98. The number of methoxy groups -OCH3 is 1. The molecule has 0 spiro atoms. The maximum Gasteiger partial charge on any atom is 0.245 e. The molecular formula is C27H40N4O3. The Kier molecular flexibility index (Phi) is 8.89. The Balaban J connectivity index is 1.81. The molecule has 1 fully saturated rings. The molecule has 0 saturated heterocycles. The van der Waals surface area contributed by atoms with Crippen molar-refractivity contribution in [3.63, 3.8) is 0 Å². The Morgan fingerprint density at radius 3 is 2.53 bits per heavy atom. The zero-order valence-electron chi connectivity index (χ0n) is 21.4. The van der Waals surface area contributed by atoms with Crippen molar-refractivity contribution in [3.8, 4) is 5.69 Å². The van der Waals surface area contributed by atoms with E-state index in [1.807, 2.05) is 37.3 Å². The SMILES string of the molecule is COCCCN(CC(=O)Nc1cc(C(C)(C)C)nn1-c1ccccc1C)C(=O)C1CCCCC1. The van der Waals surface area contributed by atoms with Crippen molar-refractivity contribution in [2.24, 2.45) is 5.92 Å². The quantitative estimate of drug-likeness (QED) is 0.533. The van der Waals surface area contributed by atoms with Crippen LogP contribution in [0, 0.1) is 12.8 Å². The third-order valence-corrected chi connectivity index (χ3v) is 6.47. The largest absolute Gasteiger partial charge is 0.385 e. The Hall–Kier alpha value is -2.67. The van der Waals surface area contributed by atoms with E-state index >= 15 is 0 Å². The van der Waals surface area contributed by atoms with Crippen molar-refractivity contribution in [1.82, 2.24) is 14.7 Å². The van der Waals surface area contributed by atoms with Crippen LogP contribution in [0.15, 0.2) is 30.3 Å². The maximum atomic E-state index is 13.2. The molecule has 0 radical (unpaired) electrons. The number of hydrogen-bond acceptors (Lipinski definition) is 4. The lowest BCUT2D eigenvalue weighted by Gasteiger charge is -2.29. The third-order valence-electron chi connectivity index (χ3n) is 6.47. The molecule has 1 saturated carbocycles. The monoisotopic (exact) mass is 468 g/mol. The highest BCUT2D eigenvalue weighted by molar-refractivity contribution is 5.94. The van der Waals surface area contributed by atoms with Gasteiger partial charge in [0.05, 0.1) is 17.9 Å². The molecule has 0 unspecified atom stereocenters. The van der Waals surface area contributed by atoms with Crippen LogP contribution in [0.2, 0.25) is 0 Å². The van der Waals surface area contributed by atoms with Crippen molar-refractivity contribution in [2.75, 3.05) is 32.1 Å². The Morgan fingerprint density at radius 2 is 1.88 bits per heavy atom. The number of aryl methyl sites for hydroxylation is 1. The number of nitrogens with one attached hydrogen (secondary N) is 1. The van der Waals surface area contributed by atoms with E-state index in [0.29, 0.717) is 25.4 Å². The summed E-state index contributed by atoms with van der Waals surface area (Å²) in [6.45, 7) is 9.44. The van der Waals surface area contributed by atoms with Gasteiger partial charge in [0.2, 0.25) is 11.8 Å². The summed E-state index contributed by atoms with van der Waals surface area (Å²) in [6.07, 6.45) is 5.89. The predicted octanol–water partition coefficient (Wildman–Crippen LogP) is 4.86. The zero-order chi connectivity index (χ0) is 24.7. The number of amides is 2. The summed E-state index contributed by atoms with van der Waals surface area (Å²) in [6, 6.07) is 9.91. The van der Waals surface area contributed by atoms with E-state index in [0.717, 1.165) is 42.6 Å². The zero-order valence-corrected chi connectivity index (χ0v) is 21.4. The number of benzene rings is 1. The number of anilines is 1. The first-order valence-electron chi connectivity index (χ1n) is 12.4. The number of hydrogen-bond donors (Lipinski definition) is 1. The maximum absolute atomic E-state index is 13.2. The van der Waals surface area contributed by atoms with E-state index in [4.69, 9.17) is 9.84 Å². The van der Waals surface area contributed by atoms with Crippen molar-refractivity contribution in [1.29, 1.82) is 0 Å². The van der Waals surface area contributed by atoms with Crippen LogP contribution in [0.5, 0.6) is 0 Å². The van der Waals surface area contributed by atoms with Crippen molar-refractivity contribution in [2.45, 2.75) is 71.6 Å². The molecule has 1 N–H and O–H groups in total. The van der Waals surface area contributed by atoms with Crippen LogP contribution < -0.4 is 5.32 Å². The van der Waals surface area contributed by atoms with Gasteiger partial charge in [-0.1, -0.05) is 58.2 Å². The molecule has 2 amide bonds. The number of nitrogens with zero attached hydrogens (tertiary/aromatic N) is 3. The standard InChI is InChI=1S/C27H40N4O3/c1-20-12-9-10-15-22(20)31-24(18-23(29-31)27(2,3)4)28-25(32)19-30(16-11-17-34-5)26(33)21-13-7-6-8-14-21/h9-10,12,15,18,21H,6-8,11,13-14,16-17,19H2,1-5H3,(H,28,32). The minimum Gasteiger partial charge on any atom is -0.385 e. The van der Waals surface area contributed by atoms with E-state index in [1.165, 1.54) is 6.42 Å². The number of rotatable bonds is 9. The first kappa shape index (κ1) is 25.9. The second kappa shape index (κ2) is 11.6. The second-order valence-electron chi connectivity index (χ2n) is 10.4. The first-order valence-corrected chi connectivity index (χ1v) is 12.4. The lowest BCUT2D eigenvalue weighted by atomic mass is 9.88. The Labute approximate surface area is 203 Å². The fourth-order valence-electron chi connectivity index (χ4n) is 4.45. The highest BCUT2D eigenvalue weighted by atomic mass is 16.5. The lowest BCUT2D eigenvalue weighted by molar-refractivity contribution is -0.139. The van der Waals surface area contributed by atoms with E-state index < -0.39 is 0 Å². The van der Waals surface area contributed by atoms with Crippen molar-refractivity contribution >= 4 is 17.6 Å². The predicted molar refractivity (Wildman–Crippen MR) is 135 cm³/mol. The van der Waals surface area contributed by atoms with Crippen LogP contribution >= 0.6 is 0 Å². The average Bonchev–Trinajstić information content (AvgIpc) is 3.23. The molecule has 2 aromatic rings. The van der Waals surface area contributed by atoms with Crippen LogP contribution in [0.1, 0.15) is 70.6 Å². The molecule has 1 aliphatic rings. The number of carbonyl (C=O) groups is 2. The highest BCUT2D eigenvalue weighted by Gasteiger charge is 2.28. The summed E-state index contributed by atoms with van der Waals surface area (Å²) in [5.74, 6) is 0.519. The van der Waals surface area contributed by atoms with E-state index in [-0.39, 0.29) is 29.7 Å². The lowest BCUT2D eigenvalue weighted by Crippen LogP contribution is -2.42. The molecule has 7 heteroatoms. The van der Waals surface area contributed by atoms with Gasteiger partial charge in [-0.15, -0.1) is 0 Å². The van der Waals surface area contributed by atoms with Gasteiger partial charge in [0.15, 0.2) is 0 Å². The van der Waals surface area contributed by atoms with Crippen LogP contribution in [-0.2, 0) is 19.7 Å². The number of para-hydroxylation sites is 1. The summed E-state index contributed by atoms with van der Waals surface area (Å²) in [4.78, 5) is 28.1. The number of ether oxygens (including phenoxy) is 1. The molecule has 7 nitrogen and oxygen atoms in total. The van der Waals surface area contributed by atoms with Crippen LogP contribution in [0.3, 0.4) is 0 Å². The van der Waals surface area contributed by atoms with Crippen LogP contribution in [-0.4, -0.2) is 53.3 Å². The van der Waals surface area contributed by atoms with E-state index in [1.54, 1.807) is 16.7 Å². The molecule has 186 valence electrons. The van der Waals surface area contributed by atoms with Gasteiger partial charge in [-0.25, -0.2) is 4.68 Å². The van der Waals surface area contributed by atoms with E-state index in [2.05, 4.69) is 26.1 Å². The van der Waals surface area contributed by atoms with Gasteiger partial charge < -0.3 is 15.0 Å². The van der Waals surface area contributed by atoms with Crippen LogP contribution in [0.4, 0.5) is 5.82 Å². The van der Waals surface area contributed by atoms with Gasteiger partial charge in [-0.3, -0.25) is 9.59 Å². The summed E-state index contributed by atoms with van der Waals surface area (Å²) in [7, 11) is 1.65. The molecule has 34 heavy (non-hydrogen) atoms. The fourth-order valence-corrected chi connectivity index (χ4v) is 4.45. The summed E-state index contributed by atoms with van der Waals surface area (Å²) >= 11 is 0. The Bertz CT molecular complexity index is 970. The van der Waals surface area contributed by atoms with Crippen LogP contribution in [0.25, 0.3) is 5.69 Å². The van der Waals surface area contributed by atoms with Crippen molar-refractivity contribution < 1.29 is 14.3 Å². The number of aromatic nitrogens is 2. The molecule has 1 aromatic heterocycles. The second-order valence-corrected chi connectivity index (χ2v) is 10.4. The molecule has 0 atom stereocenters. The summed E-state index contributed by atoms with van der Waals surface area (Å²) in [5, 5.41) is 7.86. The average molecular weight is 469 g/mol. The topological polar surface area (TPSA) is 76.5 Å². The van der Waals surface area contributed by atoms with Gasteiger partial charge in [0.1, 0.15) is 5.82 Å². The van der Waals surface area contributed by atoms with Gasteiger partial charge in [-0.2, -0.15) is 5.10 Å². The van der Waals surface area contributed by atoms with Gasteiger partial charge in [-0.05, 0) is 37.8 Å². The molecule has 0 aliphatic heterocycles. The van der Waals surface area contributed by atoms with Crippen molar-refractivity contribution in [3.05, 3.63) is 41.6 Å². The normalized spacial score (nSPS) is 14.7. The van der Waals surface area contributed by atoms with E-state index in [9.17, 15) is 9.59 Å². The molecule has 0 bridgehead atoms. The first-order chi connectivity index (χ1) is 16.2. The minimum absolute atomic E-state index is 0.0223. The van der Waals surface area contributed by atoms with Gasteiger partial charge in [0, 0.05) is 37.7 Å². The third kappa shape index (κ3) is 6.69. The smallest absolute Gasteiger partial charge is 0.245 e. The molecular weight excluding hydrogens is 428 g/mol. The molecule has 1 heterocycles. The summed E-state index contributed by atoms with van der Waals surface area (Å²) in [5.41, 5.74) is 2.70. The Morgan fingerprint density at radius 1 is 1.18 bits per heavy atom. The minimum atomic E-state index is -0.211. The molecule has 3 rings (SSSR count). The van der Waals surface area contributed by atoms with Gasteiger partial charge in [0.25, 0.3) is 0 Å². The fraction of sp³-hybridized carbons (Fsp3) is 0.593. The molecule has 1 aromatic carbocycles. The highest BCUT2D eigenvalue weighted by Crippen LogP contribution is 2.28. The number of carbonyl (C=O) groups excluding carboxylic acids is 2. The molecule has 1 aliphatic carbocycles.